The lowest BCUT2D eigenvalue weighted by atomic mass is 9.85. The van der Waals surface area contributed by atoms with Crippen molar-refractivity contribution >= 4 is 5.78 Å². The van der Waals surface area contributed by atoms with Crippen LogP contribution in [0.15, 0.2) is 24.3 Å². The van der Waals surface area contributed by atoms with Crippen molar-refractivity contribution < 1.29 is 28.8 Å². The molecule has 3 rings (SSSR count). The number of aromatic hydroxyl groups is 1. The summed E-state index contributed by atoms with van der Waals surface area (Å²) in [7, 11) is 6.22. The van der Waals surface area contributed by atoms with Crippen LogP contribution < -0.4 is 18.9 Å². The van der Waals surface area contributed by atoms with Crippen molar-refractivity contribution in [3.8, 4) is 28.7 Å². The topological polar surface area (TPSA) is 74.2 Å². The van der Waals surface area contributed by atoms with Gasteiger partial charge in [-0.2, -0.15) is 0 Å². The van der Waals surface area contributed by atoms with Gasteiger partial charge in [0, 0.05) is 24.3 Å². The third kappa shape index (κ3) is 3.39. The van der Waals surface area contributed by atoms with Gasteiger partial charge in [-0.05, 0) is 35.7 Å². The Kier molecular flexibility index (Phi) is 5.44. The van der Waals surface area contributed by atoms with Gasteiger partial charge in [0.05, 0.1) is 28.4 Å². The Hall–Kier alpha value is -2.89. The van der Waals surface area contributed by atoms with Crippen molar-refractivity contribution in [2.24, 2.45) is 0 Å². The summed E-state index contributed by atoms with van der Waals surface area (Å²) >= 11 is 0. The summed E-state index contributed by atoms with van der Waals surface area (Å²) in [4.78, 5) is 12.5. The molecule has 0 fully saturated rings. The molecule has 0 radical (unpaired) electrons. The van der Waals surface area contributed by atoms with Crippen LogP contribution in [0.2, 0.25) is 0 Å². The molecule has 0 amide bonds. The SMILES string of the molecule is COc1ccc(C2CC(=O)CCc3c2cc(OC)c(OC)c3OC)cc1O. The zero-order chi connectivity index (χ0) is 19.6. The second kappa shape index (κ2) is 7.78. The lowest BCUT2D eigenvalue weighted by molar-refractivity contribution is -0.119. The van der Waals surface area contributed by atoms with Crippen molar-refractivity contribution in [1.82, 2.24) is 0 Å². The highest BCUT2D eigenvalue weighted by Crippen LogP contribution is 2.48. The Bertz CT molecular complexity index is 858. The number of benzene rings is 2. The van der Waals surface area contributed by atoms with Crippen LogP contribution in [0.1, 0.15) is 35.4 Å². The Balaban J connectivity index is 2.22. The molecule has 0 spiro atoms. The van der Waals surface area contributed by atoms with Gasteiger partial charge >= 0.3 is 0 Å². The molecule has 0 heterocycles. The van der Waals surface area contributed by atoms with Gasteiger partial charge in [0.2, 0.25) is 5.75 Å². The first kappa shape index (κ1) is 18.9. The number of phenolic OH excluding ortho intramolecular Hbond substituents is 1. The summed E-state index contributed by atoms with van der Waals surface area (Å²) in [5, 5.41) is 10.2. The van der Waals surface area contributed by atoms with E-state index < -0.39 is 0 Å². The van der Waals surface area contributed by atoms with Crippen LogP contribution >= 0.6 is 0 Å². The minimum atomic E-state index is -0.222. The van der Waals surface area contributed by atoms with E-state index in [1.165, 1.54) is 7.11 Å². The van der Waals surface area contributed by atoms with E-state index in [-0.39, 0.29) is 17.5 Å². The van der Waals surface area contributed by atoms with Gasteiger partial charge in [0.25, 0.3) is 0 Å². The normalized spacial score (nSPS) is 16.3. The molecule has 0 aliphatic heterocycles. The van der Waals surface area contributed by atoms with Crippen molar-refractivity contribution in [2.75, 3.05) is 28.4 Å². The number of rotatable bonds is 5. The molecule has 1 atom stereocenters. The average molecular weight is 372 g/mol. The van der Waals surface area contributed by atoms with Crippen LogP contribution in [0.5, 0.6) is 28.7 Å². The van der Waals surface area contributed by atoms with Gasteiger partial charge in [-0.25, -0.2) is 0 Å². The van der Waals surface area contributed by atoms with Crippen LogP contribution in [0, 0.1) is 0 Å². The number of fused-ring (bicyclic) bond motifs is 1. The molecule has 1 aliphatic carbocycles. The van der Waals surface area contributed by atoms with E-state index in [0.717, 1.165) is 16.7 Å². The zero-order valence-electron chi connectivity index (χ0n) is 16.0. The zero-order valence-corrected chi connectivity index (χ0v) is 16.0. The molecule has 6 nitrogen and oxygen atoms in total. The molecular weight excluding hydrogens is 348 g/mol. The van der Waals surface area contributed by atoms with Crippen molar-refractivity contribution in [3.05, 3.63) is 41.0 Å². The fourth-order valence-electron chi connectivity index (χ4n) is 3.73. The number of ether oxygens (including phenoxy) is 4. The largest absolute Gasteiger partial charge is 0.504 e. The maximum Gasteiger partial charge on any atom is 0.203 e. The maximum absolute atomic E-state index is 12.5. The summed E-state index contributed by atoms with van der Waals surface area (Å²) in [6, 6.07) is 7.13. The van der Waals surface area contributed by atoms with Crippen molar-refractivity contribution in [1.29, 1.82) is 0 Å². The summed E-state index contributed by atoms with van der Waals surface area (Å²) in [6.07, 6.45) is 1.34. The van der Waals surface area contributed by atoms with Crippen molar-refractivity contribution in [3.63, 3.8) is 0 Å². The van der Waals surface area contributed by atoms with Crippen LogP contribution in [-0.4, -0.2) is 39.3 Å². The third-order valence-electron chi connectivity index (χ3n) is 5.03. The highest BCUT2D eigenvalue weighted by Gasteiger charge is 2.30. The van der Waals surface area contributed by atoms with E-state index in [1.807, 2.05) is 12.1 Å². The molecule has 0 aromatic heterocycles. The van der Waals surface area contributed by atoms with Gasteiger partial charge in [0.1, 0.15) is 5.78 Å². The van der Waals surface area contributed by atoms with E-state index >= 15 is 0 Å². The molecule has 2 aromatic carbocycles. The molecule has 27 heavy (non-hydrogen) atoms. The number of phenols is 1. The average Bonchev–Trinajstić information content (AvgIpc) is 2.85. The quantitative estimate of drug-likeness (QED) is 0.810. The Morgan fingerprint density at radius 2 is 1.59 bits per heavy atom. The number of hydrogen-bond acceptors (Lipinski definition) is 6. The highest BCUT2D eigenvalue weighted by molar-refractivity contribution is 5.82. The lowest BCUT2D eigenvalue weighted by Crippen LogP contribution is -2.08. The number of carbonyl (C=O) groups excluding carboxylic acids is 1. The van der Waals surface area contributed by atoms with E-state index in [2.05, 4.69) is 0 Å². The molecule has 2 aromatic rings. The second-order valence-electron chi connectivity index (χ2n) is 6.44. The molecule has 0 saturated carbocycles. The van der Waals surface area contributed by atoms with E-state index in [0.29, 0.717) is 42.3 Å². The predicted octanol–water partition coefficient (Wildman–Crippen LogP) is 3.46. The van der Waals surface area contributed by atoms with Gasteiger partial charge in [0.15, 0.2) is 23.0 Å². The van der Waals surface area contributed by atoms with Crippen LogP contribution in [0.25, 0.3) is 0 Å². The van der Waals surface area contributed by atoms with Gasteiger partial charge < -0.3 is 24.1 Å². The minimum absolute atomic E-state index is 0.0423. The standard InChI is InChI=1S/C21H24O6/c1-24-18-8-5-12(9-17(18)23)15-10-13(22)6-7-14-16(15)11-19(25-2)21(27-4)20(14)26-3/h5,8-9,11,15,23H,6-7,10H2,1-4H3. The summed E-state index contributed by atoms with van der Waals surface area (Å²) in [5.41, 5.74) is 2.71. The number of carbonyl (C=O) groups is 1. The number of methoxy groups -OCH3 is 4. The lowest BCUT2D eigenvalue weighted by Gasteiger charge is -2.23. The summed E-state index contributed by atoms with van der Waals surface area (Å²) in [6.45, 7) is 0. The molecule has 0 bridgehead atoms. The molecule has 1 aliphatic rings. The maximum atomic E-state index is 12.5. The van der Waals surface area contributed by atoms with Gasteiger partial charge in [-0.1, -0.05) is 6.07 Å². The fraction of sp³-hybridized carbons (Fsp3) is 0.381. The third-order valence-corrected chi connectivity index (χ3v) is 5.03. The first-order valence-electron chi connectivity index (χ1n) is 8.74. The smallest absolute Gasteiger partial charge is 0.203 e. The summed E-state index contributed by atoms with van der Waals surface area (Å²) in [5.74, 6) is 2.02. The second-order valence-corrected chi connectivity index (χ2v) is 6.44. The molecule has 1 N–H and O–H groups in total. The minimum Gasteiger partial charge on any atom is -0.504 e. The molecular formula is C21H24O6. The van der Waals surface area contributed by atoms with E-state index in [9.17, 15) is 9.90 Å². The van der Waals surface area contributed by atoms with E-state index in [1.54, 1.807) is 33.5 Å². The van der Waals surface area contributed by atoms with E-state index in [4.69, 9.17) is 18.9 Å². The van der Waals surface area contributed by atoms with Crippen LogP contribution in [-0.2, 0) is 11.2 Å². The van der Waals surface area contributed by atoms with Gasteiger partial charge in [-0.15, -0.1) is 0 Å². The van der Waals surface area contributed by atoms with Crippen molar-refractivity contribution in [2.45, 2.75) is 25.2 Å². The first-order valence-corrected chi connectivity index (χ1v) is 8.74. The number of ketones is 1. The monoisotopic (exact) mass is 372 g/mol. The Morgan fingerprint density at radius 1 is 0.889 bits per heavy atom. The molecule has 144 valence electrons. The highest BCUT2D eigenvalue weighted by atomic mass is 16.5. The number of Topliss-reactive ketones (excluding diaryl/α,β-unsaturated/α-hetero) is 1. The van der Waals surface area contributed by atoms with Gasteiger partial charge in [-0.3, -0.25) is 4.79 Å². The summed E-state index contributed by atoms with van der Waals surface area (Å²) < 4.78 is 21.7. The number of hydrogen-bond donors (Lipinski definition) is 1. The first-order chi connectivity index (χ1) is 13.0. The fourth-order valence-corrected chi connectivity index (χ4v) is 3.73. The van der Waals surface area contributed by atoms with Crippen LogP contribution in [0.3, 0.4) is 0 Å². The molecule has 1 unspecified atom stereocenters. The molecule has 0 saturated heterocycles. The van der Waals surface area contributed by atoms with Crippen LogP contribution in [0.4, 0.5) is 0 Å². The Morgan fingerprint density at radius 3 is 2.19 bits per heavy atom. The molecule has 6 heteroatoms. The predicted molar refractivity (Wildman–Crippen MR) is 101 cm³/mol. The Labute approximate surface area is 158 Å².